The molecule has 0 bridgehead atoms. The molecule has 1 aromatic heterocycles. The second kappa shape index (κ2) is 3.80. The molecule has 5 nitrogen and oxygen atoms in total. The molecule has 0 spiro atoms. The molecule has 2 rings (SSSR count). The van der Waals surface area contributed by atoms with Crippen molar-refractivity contribution in [1.82, 2.24) is 0 Å². The van der Waals surface area contributed by atoms with E-state index in [1.807, 2.05) is 0 Å². The van der Waals surface area contributed by atoms with E-state index < -0.39 is 5.97 Å². The van der Waals surface area contributed by atoms with Crippen LogP contribution in [0.1, 0.15) is 26.9 Å². The van der Waals surface area contributed by atoms with Gasteiger partial charge in [-0.15, -0.1) is 11.3 Å². The van der Waals surface area contributed by atoms with E-state index in [4.69, 9.17) is 21.3 Å². The van der Waals surface area contributed by atoms with Crippen LogP contribution < -0.4 is 11.5 Å². The van der Waals surface area contributed by atoms with E-state index in [1.54, 1.807) is 0 Å². The largest absolute Gasteiger partial charge is 0.478 e. The number of carbonyl (C=O) groups is 1. The van der Waals surface area contributed by atoms with Crippen molar-refractivity contribution in [3.05, 3.63) is 16.0 Å². The van der Waals surface area contributed by atoms with E-state index in [0.29, 0.717) is 24.6 Å². The molecule has 15 heavy (non-hydrogen) atoms. The molecule has 82 valence electrons. The summed E-state index contributed by atoms with van der Waals surface area (Å²) < 4.78 is 5.44. The number of hydrogen-bond acceptors (Lipinski definition) is 5. The Hall–Kier alpha value is -1.11. The number of nitrogens with two attached hydrogens (primary N) is 2. The first kappa shape index (κ1) is 10.4. The van der Waals surface area contributed by atoms with Crippen LogP contribution in [0.5, 0.6) is 0 Å². The van der Waals surface area contributed by atoms with Crippen molar-refractivity contribution in [2.24, 2.45) is 5.73 Å². The van der Waals surface area contributed by atoms with Crippen LogP contribution in [0.25, 0.3) is 0 Å². The molecule has 0 fully saturated rings. The standard InChI is InChI=1S/C9H12N2O3S/c10-3-5-7-4(1-2-14-5)6(9(12)13)8(11)15-7/h5H,1-3,10-11H2,(H,12,13). The molecule has 1 aliphatic rings. The minimum Gasteiger partial charge on any atom is -0.478 e. The molecule has 6 heteroatoms. The van der Waals surface area contributed by atoms with Crippen LogP contribution in [0.4, 0.5) is 5.00 Å². The number of aromatic carboxylic acids is 1. The van der Waals surface area contributed by atoms with Gasteiger partial charge >= 0.3 is 5.97 Å². The lowest BCUT2D eigenvalue weighted by Gasteiger charge is -2.21. The molecule has 1 atom stereocenters. The fraction of sp³-hybridized carbons (Fsp3) is 0.444. The van der Waals surface area contributed by atoms with Crippen LogP contribution in [0.15, 0.2) is 0 Å². The van der Waals surface area contributed by atoms with Crippen LogP contribution in [0, 0.1) is 0 Å². The zero-order chi connectivity index (χ0) is 11.0. The molecule has 0 radical (unpaired) electrons. The zero-order valence-corrected chi connectivity index (χ0v) is 8.84. The van der Waals surface area contributed by atoms with Gasteiger partial charge in [-0.1, -0.05) is 0 Å². The van der Waals surface area contributed by atoms with Crippen molar-refractivity contribution in [2.45, 2.75) is 12.5 Å². The maximum absolute atomic E-state index is 11.0. The van der Waals surface area contributed by atoms with E-state index in [1.165, 1.54) is 11.3 Å². The summed E-state index contributed by atoms with van der Waals surface area (Å²) in [6.07, 6.45) is 0.399. The fourth-order valence-electron chi connectivity index (χ4n) is 1.80. The SMILES string of the molecule is NCC1OCCc2c1sc(N)c2C(=O)O. The van der Waals surface area contributed by atoms with Gasteiger partial charge in [0.1, 0.15) is 11.1 Å². The Morgan fingerprint density at radius 3 is 3.00 bits per heavy atom. The fourth-order valence-corrected chi connectivity index (χ4v) is 2.97. The average molecular weight is 228 g/mol. The van der Waals surface area contributed by atoms with Gasteiger partial charge in [-0.25, -0.2) is 4.79 Å². The Kier molecular flexibility index (Phi) is 2.64. The highest BCUT2D eigenvalue weighted by Crippen LogP contribution is 2.39. The van der Waals surface area contributed by atoms with Crippen LogP contribution in [0.2, 0.25) is 0 Å². The van der Waals surface area contributed by atoms with Crippen LogP contribution in [-0.4, -0.2) is 24.2 Å². The van der Waals surface area contributed by atoms with Gasteiger partial charge in [0.25, 0.3) is 0 Å². The molecule has 0 aliphatic carbocycles. The summed E-state index contributed by atoms with van der Waals surface area (Å²) >= 11 is 1.27. The average Bonchev–Trinajstić information content (AvgIpc) is 2.53. The Morgan fingerprint density at radius 2 is 2.40 bits per heavy atom. The van der Waals surface area contributed by atoms with Crippen molar-refractivity contribution < 1.29 is 14.6 Å². The normalized spacial score (nSPS) is 19.9. The summed E-state index contributed by atoms with van der Waals surface area (Å²) in [6, 6.07) is 0. The number of hydrogen-bond donors (Lipinski definition) is 3. The predicted octanol–water partition coefficient (Wildman–Crippen LogP) is 0.601. The van der Waals surface area contributed by atoms with Crippen molar-refractivity contribution in [3.8, 4) is 0 Å². The van der Waals surface area contributed by atoms with Gasteiger partial charge in [0.05, 0.1) is 12.2 Å². The van der Waals surface area contributed by atoms with Gasteiger partial charge < -0.3 is 21.3 Å². The minimum atomic E-state index is -0.970. The van der Waals surface area contributed by atoms with Gasteiger partial charge in [-0.3, -0.25) is 0 Å². The second-order valence-electron chi connectivity index (χ2n) is 3.33. The topological polar surface area (TPSA) is 98.6 Å². The van der Waals surface area contributed by atoms with Crippen LogP contribution in [-0.2, 0) is 11.2 Å². The van der Waals surface area contributed by atoms with Crippen LogP contribution >= 0.6 is 11.3 Å². The Bertz CT molecular complexity index is 402. The van der Waals surface area contributed by atoms with Gasteiger partial charge in [-0.05, 0) is 12.0 Å². The lowest BCUT2D eigenvalue weighted by Crippen LogP contribution is -2.22. The number of fused-ring (bicyclic) bond motifs is 1. The quantitative estimate of drug-likeness (QED) is 0.688. The van der Waals surface area contributed by atoms with Crippen LogP contribution in [0.3, 0.4) is 0 Å². The number of carboxylic acids is 1. The Balaban J connectivity index is 2.52. The second-order valence-corrected chi connectivity index (χ2v) is 4.42. The number of rotatable bonds is 2. The van der Waals surface area contributed by atoms with Crippen molar-refractivity contribution >= 4 is 22.3 Å². The Morgan fingerprint density at radius 1 is 1.67 bits per heavy atom. The van der Waals surface area contributed by atoms with Crippen molar-refractivity contribution in [2.75, 3.05) is 18.9 Å². The molecule has 5 N–H and O–H groups in total. The summed E-state index contributed by atoms with van der Waals surface area (Å²) in [6.45, 7) is 0.858. The molecule has 2 heterocycles. The van der Waals surface area contributed by atoms with E-state index in [-0.39, 0.29) is 11.7 Å². The third-order valence-corrected chi connectivity index (χ3v) is 3.61. The predicted molar refractivity (Wildman–Crippen MR) is 57.1 cm³/mol. The summed E-state index contributed by atoms with van der Waals surface area (Å²) in [5.74, 6) is -0.970. The molecule has 0 amide bonds. The maximum Gasteiger partial charge on any atom is 0.338 e. The van der Waals surface area contributed by atoms with E-state index in [0.717, 1.165) is 10.4 Å². The highest BCUT2D eigenvalue weighted by molar-refractivity contribution is 7.16. The lowest BCUT2D eigenvalue weighted by atomic mass is 10.0. The summed E-state index contributed by atoms with van der Waals surface area (Å²) in [4.78, 5) is 11.9. The number of anilines is 1. The van der Waals surface area contributed by atoms with E-state index in [2.05, 4.69) is 0 Å². The first-order valence-corrected chi connectivity index (χ1v) is 5.42. The van der Waals surface area contributed by atoms with E-state index in [9.17, 15) is 4.79 Å². The molecular formula is C9H12N2O3S. The van der Waals surface area contributed by atoms with Crippen molar-refractivity contribution in [3.63, 3.8) is 0 Å². The molecule has 1 unspecified atom stereocenters. The number of nitrogen functional groups attached to an aromatic ring is 1. The van der Waals surface area contributed by atoms with Crippen molar-refractivity contribution in [1.29, 1.82) is 0 Å². The Labute approximate surface area is 90.6 Å². The highest BCUT2D eigenvalue weighted by Gasteiger charge is 2.29. The van der Waals surface area contributed by atoms with Gasteiger partial charge in [0, 0.05) is 11.4 Å². The zero-order valence-electron chi connectivity index (χ0n) is 8.03. The summed E-state index contributed by atoms with van der Waals surface area (Å²) in [5.41, 5.74) is 12.3. The summed E-state index contributed by atoms with van der Waals surface area (Å²) in [5, 5.41) is 9.37. The summed E-state index contributed by atoms with van der Waals surface area (Å²) in [7, 11) is 0. The van der Waals surface area contributed by atoms with Gasteiger partial charge in [0.15, 0.2) is 0 Å². The maximum atomic E-state index is 11.0. The molecule has 0 aromatic carbocycles. The monoisotopic (exact) mass is 228 g/mol. The number of carboxylic acid groups (broad SMARTS) is 1. The number of thiophene rings is 1. The first-order valence-electron chi connectivity index (χ1n) is 4.61. The molecule has 0 saturated heterocycles. The van der Waals surface area contributed by atoms with Gasteiger partial charge in [0.2, 0.25) is 0 Å². The molecule has 0 saturated carbocycles. The molecular weight excluding hydrogens is 216 g/mol. The third kappa shape index (κ3) is 1.60. The number of ether oxygens (including phenoxy) is 1. The minimum absolute atomic E-state index is 0.200. The molecule has 1 aromatic rings. The molecule has 1 aliphatic heterocycles. The third-order valence-electron chi connectivity index (χ3n) is 2.46. The van der Waals surface area contributed by atoms with Gasteiger partial charge in [-0.2, -0.15) is 0 Å². The van der Waals surface area contributed by atoms with E-state index >= 15 is 0 Å². The smallest absolute Gasteiger partial charge is 0.338 e. The first-order chi connectivity index (χ1) is 7.15. The highest BCUT2D eigenvalue weighted by atomic mass is 32.1. The lowest BCUT2D eigenvalue weighted by molar-refractivity contribution is 0.0506.